The van der Waals surface area contributed by atoms with Gasteiger partial charge < -0.3 is 15.0 Å². The predicted molar refractivity (Wildman–Crippen MR) is 81.4 cm³/mol. The molecule has 1 amide bonds. The van der Waals surface area contributed by atoms with E-state index < -0.39 is 5.60 Å². The van der Waals surface area contributed by atoms with Gasteiger partial charge in [0.05, 0.1) is 11.2 Å². The van der Waals surface area contributed by atoms with Crippen LogP contribution in [0.5, 0.6) is 0 Å². The van der Waals surface area contributed by atoms with E-state index in [4.69, 9.17) is 0 Å². The summed E-state index contributed by atoms with van der Waals surface area (Å²) < 4.78 is 1.87. The second-order valence-corrected chi connectivity index (χ2v) is 5.69. The minimum Gasteiger partial charge on any atom is -0.388 e. The highest BCUT2D eigenvalue weighted by molar-refractivity contribution is 5.93. The molecule has 0 aliphatic heterocycles. The maximum atomic E-state index is 12.0. The summed E-state index contributed by atoms with van der Waals surface area (Å²) in [7, 11) is 0. The zero-order valence-electron chi connectivity index (χ0n) is 12.6. The molecule has 0 aliphatic carbocycles. The third kappa shape index (κ3) is 3.70. The van der Waals surface area contributed by atoms with Gasteiger partial charge in [0.25, 0.3) is 5.91 Å². The zero-order chi connectivity index (χ0) is 15.5. The molecular formula is C16H21N3O2. The first-order valence-electron chi connectivity index (χ1n) is 7.00. The fraction of sp³-hybridized carbons (Fsp3) is 0.375. The largest absolute Gasteiger partial charge is 0.388 e. The summed E-state index contributed by atoms with van der Waals surface area (Å²) in [4.78, 5) is 16.3. The van der Waals surface area contributed by atoms with Crippen LogP contribution in [0.1, 0.15) is 31.1 Å². The fourth-order valence-electron chi connectivity index (χ4n) is 1.73. The van der Waals surface area contributed by atoms with Gasteiger partial charge in [-0.1, -0.05) is 13.8 Å². The summed E-state index contributed by atoms with van der Waals surface area (Å²) in [6.45, 7) is 5.76. The van der Waals surface area contributed by atoms with Crippen LogP contribution in [0, 0.1) is 5.92 Å². The molecule has 2 aromatic rings. The van der Waals surface area contributed by atoms with Gasteiger partial charge in [-0.15, -0.1) is 0 Å². The minimum atomic E-state index is -0.922. The number of rotatable bonds is 5. The Labute approximate surface area is 124 Å². The van der Waals surface area contributed by atoms with Gasteiger partial charge in [0.2, 0.25) is 0 Å². The standard InChI is InChI=1S/C16H21N3O2/c1-12(2)16(3,21)11-18-15(20)13-6-7-14(17-10-13)19-8-4-5-9-19/h4-10,12,21H,11H2,1-3H3,(H,18,20). The lowest BCUT2D eigenvalue weighted by Gasteiger charge is -2.27. The van der Waals surface area contributed by atoms with Crippen LogP contribution in [-0.4, -0.2) is 32.7 Å². The molecule has 21 heavy (non-hydrogen) atoms. The maximum absolute atomic E-state index is 12.0. The monoisotopic (exact) mass is 287 g/mol. The Kier molecular flexibility index (Phi) is 4.43. The first-order chi connectivity index (χ1) is 9.90. The van der Waals surface area contributed by atoms with Crippen LogP contribution < -0.4 is 5.32 Å². The van der Waals surface area contributed by atoms with Crippen LogP contribution in [0.25, 0.3) is 5.82 Å². The second kappa shape index (κ2) is 6.10. The van der Waals surface area contributed by atoms with Gasteiger partial charge in [0.15, 0.2) is 0 Å². The summed E-state index contributed by atoms with van der Waals surface area (Å²) in [6, 6.07) is 7.34. The zero-order valence-corrected chi connectivity index (χ0v) is 12.6. The molecule has 0 saturated heterocycles. The number of nitrogens with one attached hydrogen (secondary N) is 1. The lowest BCUT2D eigenvalue weighted by atomic mass is 9.92. The number of aromatic nitrogens is 2. The Morgan fingerprint density at radius 3 is 2.57 bits per heavy atom. The third-order valence-electron chi connectivity index (χ3n) is 3.73. The molecule has 112 valence electrons. The average Bonchev–Trinajstić information content (AvgIpc) is 2.99. The minimum absolute atomic E-state index is 0.0621. The van der Waals surface area contributed by atoms with Gasteiger partial charge in [0, 0.05) is 25.1 Å². The average molecular weight is 287 g/mol. The normalized spacial score (nSPS) is 14.0. The lowest BCUT2D eigenvalue weighted by Crippen LogP contribution is -2.44. The molecule has 0 spiro atoms. The van der Waals surface area contributed by atoms with Gasteiger partial charge in [-0.2, -0.15) is 0 Å². The Hall–Kier alpha value is -2.14. The van der Waals surface area contributed by atoms with Crippen molar-refractivity contribution in [2.24, 2.45) is 5.92 Å². The lowest BCUT2D eigenvalue weighted by molar-refractivity contribution is 0.0142. The number of aliphatic hydroxyl groups is 1. The van der Waals surface area contributed by atoms with E-state index in [1.807, 2.05) is 42.9 Å². The number of carbonyl (C=O) groups excluding carboxylic acids is 1. The summed E-state index contributed by atoms with van der Waals surface area (Å²) in [5.74, 6) is 0.584. The van der Waals surface area contributed by atoms with Gasteiger partial charge in [-0.3, -0.25) is 4.79 Å². The molecule has 0 fully saturated rings. The smallest absolute Gasteiger partial charge is 0.252 e. The van der Waals surface area contributed by atoms with E-state index in [-0.39, 0.29) is 18.4 Å². The number of amides is 1. The van der Waals surface area contributed by atoms with Crippen LogP contribution in [0.4, 0.5) is 0 Å². The number of hydrogen-bond donors (Lipinski definition) is 2. The summed E-state index contributed by atoms with van der Waals surface area (Å²) in [6.07, 6.45) is 5.32. The van der Waals surface area contributed by atoms with E-state index in [0.29, 0.717) is 5.56 Å². The summed E-state index contributed by atoms with van der Waals surface area (Å²) in [5, 5.41) is 12.9. The first-order valence-corrected chi connectivity index (χ1v) is 7.00. The molecule has 5 heteroatoms. The molecule has 1 unspecified atom stereocenters. The predicted octanol–water partition coefficient (Wildman–Crippen LogP) is 2.01. The molecule has 1 atom stereocenters. The molecule has 0 radical (unpaired) electrons. The first kappa shape index (κ1) is 15.3. The van der Waals surface area contributed by atoms with Crippen molar-refractivity contribution in [1.82, 2.24) is 14.9 Å². The Morgan fingerprint density at radius 1 is 1.38 bits per heavy atom. The van der Waals surface area contributed by atoms with Crippen molar-refractivity contribution < 1.29 is 9.90 Å². The van der Waals surface area contributed by atoms with Gasteiger partial charge in [-0.25, -0.2) is 4.98 Å². The van der Waals surface area contributed by atoms with Crippen molar-refractivity contribution >= 4 is 5.91 Å². The molecule has 0 saturated carbocycles. The van der Waals surface area contributed by atoms with Gasteiger partial charge >= 0.3 is 0 Å². The Balaban J connectivity index is 2.01. The highest BCUT2D eigenvalue weighted by atomic mass is 16.3. The van der Waals surface area contributed by atoms with Crippen molar-refractivity contribution in [2.45, 2.75) is 26.4 Å². The molecule has 0 aliphatic rings. The number of hydrogen-bond acceptors (Lipinski definition) is 3. The highest BCUT2D eigenvalue weighted by Crippen LogP contribution is 2.14. The molecule has 2 aromatic heterocycles. The van der Waals surface area contributed by atoms with Crippen molar-refractivity contribution in [1.29, 1.82) is 0 Å². The van der Waals surface area contributed by atoms with Crippen LogP contribution in [-0.2, 0) is 0 Å². The van der Waals surface area contributed by atoms with Gasteiger partial charge in [-0.05, 0) is 37.1 Å². The highest BCUT2D eigenvalue weighted by Gasteiger charge is 2.25. The van der Waals surface area contributed by atoms with E-state index in [1.165, 1.54) is 6.20 Å². The number of nitrogens with zero attached hydrogens (tertiary/aromatic N) is 2. The van der Waals surface area contributed by atoms with Crippen LogP contribution in [0.15, 0.2) is 42.9 Å². The number of carbonyl (C=O) groups is 1. The topological polar surface area (TPSA) is 67.2 Å². The van der Waals surface area contributed by atoms with Crippen molar-refractivity contribution in [3.63, 3.8) is 0 Å². The van der Waals surface area contributed by atoms with E-state index in [9.17, 15) is 9.90 Å². The van der Waals surface area contributed by atoms with E-state index in [0.717, 1.165) is 5.82 Å². The van der Waals surface area contributed by atoms with Crippen LogP contribution in [0.2, 0.25) is 0 Å². The van der Waals surface area contributed by atoms with Crippen molar-refractivity contribution in [2.75, 3.05) is 6.54 Å². The van der Waals surface area contributed by atoms with E-state index in [2.05, 4.69) is 10.3 Å². The summed E-state index contributed by atoms with van der Waals surface area (Å²) in [5.41, 5.74) is -0.445. The van der Waals surface area contributed by atoms with Crippen LogP contribution >= 0.6 is 0 Å². The Morgan fingerprint density at radius 2 is 2.05 bits per heavy atom. The molecule has 0 aromatic carbocycles. The molecular weight excluding hydrogens is 266 g/mol. The molecule has 0 bridgehead atoms. The maximum Gasteiger partial charge on any atom is 0.252 e. The van der Waals surface area contributed by atoms with E-state index >= 15 is 0 Å². The van der Waals surface area contributed by atoms with E-state index in [1.54, 1.807) is 19.1 Å². The quantitative estimate of drug-likeness (QED) is 0.884. The summed E-state index contributed by atoms with van der Waals surface area (Å²) >= 11 is 0. The molecule has 5 nitrogen and oxygen atoms in total. The number of pyridine rings is 1. The molecule has 2 rings (SSSR count). The molecule has 2 N–H and O–H groups in total. The van der Waals surface area contributed by atoms with Crippen molar-refractivity contribution in [3.8, 4) is 5.82 Å². The second-order valence-electron chi connectivity index (χ2n) is 5.69. The van der Waals surface area contributed by atoms with Crippen LogP contribution in [0.3, 0.4) is 0 Å². The Bertz CT molecular complexity index is 586. The fourth-order valence-corrected chi connectivity index (χ4v) is 1.73. The SMILES string of the molecule is CC(C)C(C)(O)CNC(=O)c1ccc(-n2cccc2)nc1. The van der Waals surface area contributed by atoms with Crippen molar-refractivity contribution in [3.05, 3.63) is 48.4 Å². The third-order valence-corrected chi connectivity index (χ3v) is 3.73. The molecule has 2 heterocycles. The van der Waals surface area contributed by atoms with Gasteiger partial charge in [0.1, 0.15) is 5.82 Å².